The fraction of sp³-hybridized carbons (Fsp3) is 0.667. The molecule has 2 unspecified atom stereocenters. The maximum Gasteiger partial charge on any atom is 1.00 e. The van der Waals surface area contributed by atoms with Crippen LogP contribution in [0.4, 0.5) is 0 Å². The topological polar surface area (TPSA) is 118 Å². The number of ether oxygens (including phenoxy) is 1. The summed E-state index contributed by atoms with van der Waals surface area (Å²) in [5.74, 6) is 0. The summed E-state index contributed by atoms with van der Waals surface area (Å²) >= 11 is 0. The van der Waals surface area contributed by atoms with Crippen LogP contribution in [0.3, 0.4) is 0 Å². The van der Waals surface area contributed by atoms with Gasteiger partial charge in [-0.3, -0.25) is 9.11 Å². The van der Waals surface area contributed by atoms with Gasteiger partial charge in [0, 0.05) is 13.2 Å². The molecule has 0 aromatic heterocycles. The summed E-state index contributed by atoms with van der Waals surface area (Å²) in [6.07, 6.45) is 19.1. The summed E-state index contributed by atoms with van der Waals surface area (Å²) in [6.45, 7) is 4.45. The zero-order valence-corrected chi connectivity index (χ0v) is 33.4. The van der Waals surface area contributed by atoms with Crippen molar-refractivity contribution >= 4 is 20.2 Å². The van der Waals surface area contributed by atoms with Gasteiger partial charge in [0.05, 0.1) is 0 Å². The van der Waals surface area contributed by atoms with Crippen LogP contribution in [-0.4, -0.2) is 39.2 Å². The van der Waals surface area contributed by atoms with Crippen molar-refractivity contribution in [2.24, 2.45) is 0 Å². The molecule has 2 aromatic rings. The van der Waals surface area contributed by atoms with E-state index in [-0.39, 0.29) is 78.9 Å². The van der Waals surface area contributed by atoms with Crippen molar-refractivity contribution in [2.75, 3.05) is 13.2 Å². The van der Waals surface area contributed by atoms with Crippen LogP contribution in [0.1, 0.15) is 151 Å². The molecule has 0 aliphatic rings. The first-order valence-corrected chi connectivity index (χ1v) is 20.2. The van der Waals surface area contributed by atoms with E-state index in [1.54, 1.807) is 24.3 Å². The Bertz CT molecular complexity index is 1170. The van der Waals surface area contributed by atoms with Crippen molar-refractivity contribution in [3.63, 3.8) is 0 Å². The molecular weight excluding hydrogens is 648 g/mol. The molecule has 258 valence electrons. The minimum absolute atomic E-state index is 0. The molecule has 0 bridgehead atoms. The maximum atomic E-state index is 12.2. The van der Waals surface area contributed by atoms with E-state index >= 15 is 0 Å². The molecule has 2 N–H and O–H groups in total. The second kappa shape index (κ2) is 24.9. The van der Waals surface area contributed by atoms with Gasteiger partial charge in [-0.1, -0.05) is 139 Å². The van der Waals surface area contributed by atoms with Gasteiger partial charge in [-0.05, 0) is 60.8 Å². The van der Waals surface area contributed by atoms with Crippen LogP contribution < -0.4 is 51.4 Å². The molecule has 7 nitrogen and oxygen atoms in total. The van der Waals surface area contributed by atoms with E-state index in [0.29, 0.717) is 11.1 Å². The van der Waals surface area contributed by atoms with Crippen LogP contribution in [-0.2, 0) is 37.8 Å². The smallest absolute Gasteiger partial charge is 1.00 e. The molecule has 0 aliphatic heterocycles. The first-order chi connectivity index (χ1) is 21.6. The zero-order chi connectivity index (χ0) is 33.0. The van der Waals surface area contributed by atoms with E-state index in [4.69, 9.17) is 4.74 Å². The minimum Gasteiger partial charge on any atom is -1.00 e. The van der Waals surface area contributed by atoms with Crippen molar-refractivity contribution in [1.82, 2.24) is 0 Å². The Morgan fingerprint density at radius 1 is 0.543 bits per heavy atom. The largest absolute Gasteiger partial charge is 1.00 e. The number of rotatable bonds is 26. The van der Waals surface area contributed by atoms with Gasteiger partial charge in [-0.2, -0.15) is 16.8 Å². The van der Waals surface area contributed by atoms with Crippen LogP contribution in [0.15, 0.2) is 48.5 Å². The molecule has 0 aliphatic carbocycles. The predicted octanol–water partition coefficient (Wildman–Crippen LogP) is 6.74. The molecule has 2 aromatic carbocycles. The van der Waals surface area contributed by atoms with Gasteiger partial charge in [0.1, 0.15) is 10.5 Å². The summed E-state index contributed by atoms with van der Waals surface area (Å²) in [5.41, 5.74) is 3.27. The minimum atomic E-state index is -4.37. The summed E-state index contributed by atoms with van der Waals surface area (Å²) < 4.78 is 74.1. The van der Waals surface area contributed by atoms with E-state index < -0.39 is 30.7 Å². The molecule has 46 heavy (non-hydrogen) atoms. The van der Waals surface area contributed by atoms with Crippen LogP contribution in [0.5, 0.6) is 0 Å². The van der Waals surface area contributed by atoms with Gasteiger partial charge in [0.2, 0.25) is 0 Å². The van der Waals surface area contributed by atoms with E-state index in [2.05, 4.69) is 13.8 Å². The van der Waals surface area contributed by atoms with Gasteiger partial charge in [0.25, 0.3) is 20.2 Å². The van der Waals surface area contributed by atoms with Gasteiger partial charge in [-0.25, -0.2) is 0 Å². The molecule has 0 fully saturated rings. The first-order valence-electron chi connectivity index (χ1n) is 17.2. The van der Waals surface area contributed by atoms with E-state index in [1.165, 1.54) is 77.0 Å². The van der Waals surface area contributed by atoms with E-state index in [0.717, 1.165) is 36.8 Å². The Hall–Kier alpha value is -0.144. The molecule has 10 heteroatoms. The van der Waals surface area contributed by atoms with Gasteiger partial charge in [0.15, 0.2) is 0 Å². The van der Waals surface area contributed by atoms with E-state index in [1.807, 2.05) is 24.3 Å². The predicted molar refractivity (Wildman–Crippen MR) is 186 cm³/mol. The average molecular weight is 707 g/mol. The number of hydrogen-bond donors (Lipinski definition) is 2. The summed E-state index contributed by atoms with van der Waals surface area (Å²) in [4.78, 5) is 0. The number of aryl methyl sites for hydroxylation is 2. The third-order valence-corrected chi connectivity index (χ3v) is 11.1. The average Bonchev–Trinajstić information content (AvgIpc) is 2.99. The van der Waals surface area contributed by atoms with Crippen LogP contribution in [0.25, 0.3) is 0 Å². The normalized spacial score (nSPS) is 13.3. The molecule has 0 saturated carbocycles. The molecule has 2 rings (SSSR count). The van der Waals surface area contributed by atoms with Crippen molar-refractivity contribution in [3.8, 4) is 0 Å². The quantitative estimate of drug-likeness (QED) is 0.0632. The number of benzene rings is 2. The van der Waals surface area contributed by atoms with Gasteiger partial charge < -0.3 is 6.16 Å². The Kier molecular flexibility index (Phi) is 23.8. The number of unbranched alkanes of at least 4 members (excludes halogenated alkanes) is 12. The molecule has 0 saturated heterocycles. The Morgan fingerprint density at radius 3 is 1.15 bits per heavy atom. The Morgan fingerprint density at radius 2 is 0.848 bits per heavy atom. The van der Waals surface area contributed by atoms with Crippen LogP contribution in [0, 0.1) is 0 Å². The summed E-state index contributed by atoms with van der Waals surface area (Å²) in [5, 5.41) is -2.27. The fourth-order valence-electron chi connectivity index (χ4n) is 5.83. The number of hydrogen-bond acceptors (Lipinski definition) is 5. The summed E-state index contributed by atoms with van der Waals surface area (Å²) in [6, 6.07) is 14.7. The second-order valence-electron chi connectivity index (χ2n) is 12.4. The Balaban J connectivity index is 0.0000106. The third-order valence-electron chi connectivity index (χ3n) is 8.61. The fourth-order valence-corrected chi connectivity index (χ4v) is 7.62. The van der Waals surface area contributed by atoms with Gasteiger partial charge >= 0.3 is 51.4 Å². The molecule has 0 amide bonds. The van der Waals surface area contributed by atoms with Gasteiger partial charge in [-0.15, -0.1) is 0 Å². The van der Waals surface area contributed by atoms with Crippen LogP contribution >= 0.6 is 0 Å². The third kappa shape index (κ3) is 18.6. The first kappa shape index (κ1) is 43.9. The molecule has 0 heterocycles. The molecule has 0 radical (unpaired) electrons. The summed E-state index contributed by atoms with van der Waals surface area (Å²) in [7, 11) is -8.73. The monoisotopic (exact) mass is 706 g/mol. The Labute approximate surface area is 324 Å². The molecule has 2 atom stereocenters. The van der Waals surface area contributed by atoms with Crippen molar-refractivity contribution in [3.05, 3.63) is 70.8 Å². The van der Waals surface area contributed by atoms with Crippen molar-refractivity contribution < 1.29 is 83.5 Å². The van der Waals surface area contributed by atoms with E-state index in [9.17, 15) is 25.9 Å². The maximum absolute atomic E-state index is 12.2. The molecule has 0 spiro atoms. The molecular formula is C36H59KO7S2. The van der Waals surface area contributed by atoms with Crippen molar-refractivity contribution in [2.45, 2.75) is 140 Å². The SMILES string of the molecule is CCCCCCCCCc1ccc(C(CCOCCC(c2ccc(CCCCCCCCC)cc2)S(=O)(=O)O)S(=O)(=O)O)cc1.[H-].[K+]. The van der Waals surface area contributed by atoms with Crippen molar-refractivity contribution in [1.29, 1.82) is 0 Å². The zero-order valence-electron chi connectivity index (χ0n) is 29.7. The van der Waals surface area contributed by atoms with Crippen LogP contribution in [0.2, 0.25) is 0 Å². The standard InChI is InChI=1S/C36H58O7S2.K.H/c1-3-5-7-9-11-13-15-17-31-19-23-33(24-20-31)35(44(37,38)39)27-29-43-30-28-36(45(40,41)42)34-25-21-32(22-26-34)18-16-14-12-10-8-6-4-2;;/h19-26,35-36H,3-18,27-30H2,1-2H3,(H,37,38,39)(H,40,41,42);;/q;+1;-1. The second-order valence-corrected chi connectivity index (χ2v) is 15.6.